The first-order valence-corrected chi connectivity index (χ1v) is 30.7. The Morgan fingerprint density at radius 2 is 1.46 bits per heavy atom. The highest BCUT2D eigenvalue weighted by atomic mass is 16.5. The van der Waals surface area contributed by atoms with Crippen LogP contribution in [0.2, 0.25) is 0 Å². The second-order valence-corrected chi connectivity index (χ2v) is 24.4. The molecule has 2 N–H and O–H groups in total. The minimum absolute atomic E-state index is 0.00704. The first-order valence-electron chi connectivity index (χ1n) is 30.7. The van der Waals surface area contributed by atoms with E-state index in [9.17, 15) is 38.4 Å². The van der Waals surface area contributed by atoms with Crippen molar-refractivity contribution >= 4 is 63.9 Å². The van der Waals surface area contributed by atoms with Crippen molar-refractivity contribution in [3.8, 4) is 23.0 Å². The number of nitrogens with one attached hydrogen (secondary N) is 2. The number of amides is 6. The highest BCUT2D eigenvalue weighted by Crippen LogP contribution is 2.40. The number of carbonyl (C=O) groups is 9. The van der Waals surface area contributed by atoms with Crippen LogP contribution in [0.5, 0.6) is 23.0 Å². The van der Waals surface area contributed by atoms with Gasteiger partial charge in [-0.1, -0.05) is 80.4 Å². The molecule has 0 aromatic heterocycles. The normalized spacial score (nSPS) is 21.3. The molecule has 2 aliphatic heterocycles. The predicted octanol–water partition coefficient (Wildman–Crippen LogP) is 6.90. The molecule has 2 bridgehead atoms. The number of unbranched alkanes of at least 4 members (excludes halogenated alkanes) is 1. The van der Waals surface area contributed by atoms with E-state index < -0.39 is 114 Å². The smallest absolute Gasteiger partial charge is 0.330 e. The second-order valence-electron chi connectivity index (χ2n) is 24.4. The van der Waals surface area contributed by atoms with Crippen molar-refractivity contribution in [1.82, 2.24) is 30.2 Å². The lowest BCUT2D eigenvalue weighted by molar-refractivity contribution is -0.165. The van der Waals surface area contributed by atoms with E-state index in [2.05, 4.69) is 10.6 Å². The molecule has 6 rings (SSSR count). The zero-order valence-electron chi connectivity index (χ0n) is 54.2. The Morgan fingerprint density at radius 3 is 2.16 bits per heavy atom. The topological polar surface area (TPSA) is 255 Å². The van der Waals surface area contributed by atoms with Crippen LogP contribution < -0.4 is 29.6 Å². The van der Waals surface area contributed by atoms with Gasteiger partial charge in [-0.3, -0.25) is 33.6 Å². The van der Waals surface area contributed by atoms with E-state index in [-0.39, 0.29) is 64.0 Å². The molecule has 4 aromatic rings. The fourth-order valence-electron chi connectivity index (χ4n) is 10.7. The van der Waals surface area contributed by atoms with E-state index in [0.29, 0.717) is 59.6 Å². The summed E-state index contributed by atoms with van der Waals surface area (Å²) in [6.07, 6.45) is 4.80. The van der Waals surface area contributed by atoms with Crippen LogP contribution in [0.25, 0.3) is 10.8 Å². The number of ketones is 1. The van der Waals surface area contributed by atoms with E-state index in [1.165, 1.54) is 82.0 Å². The van der Waals surface area contributed by atoms with Crippen LogP contribution in [0, 0.1) is 5.41 Å². The number of ether oxygens (including phenoxy) is 7. The number of piperidine rings is 1. The molecule has 6 amide bonds. The Balaban J connectivity index is 1.37. The number of fused-ring (bicyclic) bond motifs is 4. The molecule has 0 saturated carbocycles. The van der Waals surface area contributed by atoms with Gasteiger partial charge in [0.05, 0.1) is 45.5 Å². The SMILES string of the molecule is CCCC[C@H]1C(=O)N[C@@H](Cc2ccc3ccccc3c2)C(=O)N(C)[C@@H](COC(C)(C)C)C(=O)NCC(=O)N(C)CCC=CC(=O)OCC(C)(C)C(=O)C(=O)N2CCCC[C@H]2C(=O)O[C@H](CCc2c(OC)ccc(OC)c2OC)c2cccc(c2)OCC(=O)N1C. The molecule has 2 aliphatic rings. The van der Waals surface area contributed by atoms with Crippen LogP contribution in [-0.4, -0.2) is 184 Å². The Bertz CT molecular complexity index is 3230. The number of likely N-dealkylation sites (N-methyl/N-ethyl adjacent to an activating group) is 3. The van der Waals surface area contributed by atoms with Gasteiger partial charge < -0.3 is 63.4 Å². The number of esters is 2. The first-order chi connectivity index (χ1) is 42.8. The number of rotatable bonds is 13. The lowest BCUT2D eigenvalue weighted by Gasteiger charge is -2.36. The largest absolute Gasteiger partial charge is 0.496 e. The molecule has 0 unspecified atom stereocenters. The van der Waals surface area contributed by atoms with Crippen LogP contribution in [0.15, 0.2) is 91.0 Å². The number of carbonyl (C=O) groups excluding carboxylic acids is 9. The van der Waals surface area contributed by atoms with Gasteiger partial charge in [-0.25, -0.2) is 9.59 Å². The summed E-state index contributed by atoms with van der Waals surface area (Å²) in [7, 11) is 8.95. The summed E-state index contributed by atoms with van der Waals surface area (Å²) in [6, 6.07) is 18.7. The second kappa shape index (κ2) is 32.8. The van der Waals surface area contributed by atoms with Gasteiger partial charge in [0.15, 0.2) is 18.1 Å². The van der Waals surface area contributed by atoms with Crippen LogP contribution in [-0.2, 0) is 70.2 Å². The number of hydrogen-bond donors (Lipinski definition) is 2. The van der Waals surface area contributed by atoms with Crippen molar-refractivity contribution in [3.05, 3.63) is 108 Å². The average molecular weight is 1250 g/mol. The lowest BCUT2D eigenvalue weighted by atomic mass is 9.87. The number of nitrogens with zero attached hydrogens (tertiary/aromatic N) is 4. The molecule has 1 fully saturated rings. The zero-order valence-corrected chi connectivity index (χ0v) is 54.2. The highest BCUT2D eigenvalue weighted by molar-refractivity contribution is 6.38. The summed E-state index contributed by atoms with van der Waals surface area (Å²) in [5.41, 5.74) is -0.501. The number of methoxy groups -OCH3 is 3. The molecule has 0 aliphatic carbocycles. The molecule has 2 heterocycles. The van der Waals surface area contributed by atoms with E-state index in [0.717, 1.165) is 16.8 Å². The van der Waals surface area contributed by atoms with E-state index in [4.69, 9.17) is 33.2 Å². The van der Waals surface area contributed by atoms with Crippen molar-refractivity contribution in [3.63, 3.8) is 0 Å². The van der Waals surface area contributed by atoms with Crippen molar-refractivity contribution < 1.29 is 76.3 Å². The molecule has 0 spiro atoms. The maximum atomic E-state index is 15.1. The molecule has 488 valence electrons. The monoisotopic (exact) mass is 1250 g/mol. The molecule has 22 nitrogen and oxygen atoms in total. The quantitative estimate of drug-likeness (QED) is 0.102. The van der Waals surface area contributed by atoms with Crippen molar-refractivity contribution in [2.45, 2.75) is 142 Å². The maximum Gasteiger partial charge on any atom is 0.330 e. The summed E-state index contributed by atoms with van der Waals surface area (Å²) in [6.45, 7) is 8.71. The molecule has 1 saturated heterocycles. The third kappa shape index (κ3) is 19.2. The van der Waals surface area contributed by atoms with Gasteiger partial charge >= 0.3 is 11.9 Å². The third-order valence-electron chi connectivity index (χ3n) is 16.1. The summed E-state index contributed by atoms with van der Waals surface area (Å²) in [4.78, 5) is 133. The zero-order chi connectivity index (χ0) is 65.9. The summed E-state index contributed by atoms with van der Waals surface area (Å²) in [5, 5.41) is 7.49. The van der Waals surface area contributed by atoms with Gasteiger partial charge in [-0.2, -0.15) is 0 Å². The highest BCUT2D eigenvalue weighted by Gasteiger charge is 2.43. The summed E-state index contributed by atoms with van der Waals surface area (Å²) in [5.74, 6) is -4.89. The van der Waals surface area contributed by atoms with E-state index in [1.807, 2.05) is 49.4 Å². The lowest BCUT2D eigenvalue weighted by Crippen LogP contribution is -2.59. The van der Waals surface area contributed by atoms with Crippen LogP contribution in [0.3, 0.4) is 0 Å². The number of benzene rings is 4. The fourth-order valence-corrected chi connectivity index (χ4v) is 10.7. The standard InChI is InChI=1S/C68H90N6O16/c1-13-14-26-51-63(80)70-50(38-44-29-30-45-22-15-16-23-46(45)37-44)64(81)73(9)53(41-89-67(2,3)4)62(79)69-40-57(75)71(7)35-19-18-28-59(77)88-43-68(5,6)61(78)65(82)74-36-20-17-27-52(74)66(83)90-54(47-24-21-25-48(39-47)87-42-58(76)72(51)8)32-31-49-55(84-10)33-34-56(85-11)60(49)86-12/h15-16,18,21-25,28-30,33-34,37,39,50-54H,13-14,17,19-20,26-27,31-32,35-36,38,40-43H2,1-12H3,(H,69,79)(H,70,80)/t50-,51-,52-,53-,54+/m0/s1. The van der Waals surface area contributed by atoms with Gasteiger partial charge in [0.25, 0.3) is 11.8 Å². The van der Waals surface area contributed by atoms with Gasteiger partial charge in [-0.15, -0.1) is 0 Å². The maximum absolute atomic E-state index is 15.1. The molecular weight excluding hydrogens is 1160 g/mol. The Morgan fingerprint density at radius 1 is 0.733 bits per heavy atom. The number of cyclic esters (lactones) is 2. The van der Waals surface area contributed by atoms with E-state index >= 15 is 4.79 Å². The summed E-state index contributed by atoms with van der Waals surface area (Å²) >= 11 is 0. The Labute approximate surface area is 528 Å². The molecule has 5 atom stereocenters. The van der Waals surface area contributed by atoms with Crippen LogP contribution >= 0.6 is 0 Å². The van der Waals surface area contributed by atoms with Crippen LogP contribution in [0.1, 0.15) is 116 Å². The minimum atomic E-state index is -1.52. The minimum Gasteiger partial charge on any atom is -0.496 e. The molecule has 0 radical (unpaired) electrons. The van der Waals surface area contributed by atoms with Crippen molar-refractivity contribution in [2.75, 3.05) is 81.9 Å². The van der Waals surface area contributed by atoms with E-state index in [1.54, 1.807) is 57.2 Å². The van der Waals surface area contributed by atoms with Crippen molar-refractivity contribution in [1.29, 1.82) is 0 Å². The Kier molecular flexibility index (Phi) is 25.7. The molecule has 4 aromatic carbocycles. The average Bonchev–Trinajstić information content (AvgIpc) is 1.59. The van der Waals surface area contributed by atoms with Crippen LogP contribution in [0.4, 0.5) is 0 Å². The van der Waals surface area contributed by atoms with Gasteiger partial charge in [0, 0.05) is 52.3 Å². The third-order valence-corrected chi connectivity index (χ3v) is 16.1. The van der Waals surface area contributed by atoms with Gasteiger partial charge in [-0.05, 0) is 126 Å². The molecule has 90 heavy (non-hydrogen) atoms. The van der Waals surface area contributed by atoms with Gasteiger partial charge in [0.2, 0.25) is 29.4 Å². The predicted molar refractivity (Wildman–Crippen MR) is 337 cm³/mol. The number of hydrogen-bond acceptors (Lipinski definition) is 16. The molecule has 22 heteroatoms. The van der Waals surface area contributed by atoms with Crippen molar-refractivity contribution in [2.24, 2.45) is 5.41 Å². The summed E-state index contributed by atoms with van der Waals surface area (Å²) < 4.78 is 41.3. The van der Waals surface area contributed by atoms with Gasteiger partial charge in [0.1, 0.15) is 48.4 Å². The number of Topliss-reactive ketones (excluding diaryl/α,β-unsaturated/α-hetero) is 1. The molecular formula is C68H90N6O16. The Hall–Kier alpha value is -8.53. The fraction of sp³-hybridized carbons (Fsp3) is 0.515. The first kappa shape index (κ1) is 70.6.